The fraction of sp³-hybridized carbons (Fsp3) is 0.500. The Balaban J connectivity index is 1.40. The van der Waals surface area contributed by atoms with Gasteiger partial charge in [-0.15, -0.1) is 0 Å². The van der Waals surface area contributed by atoms with Crippen LogP contribution >= 0.6 is 0 Å². The Kier molecular flexibility index (Phi) is 6.62. The van der Waals surface area contributed by atoms with Crippen LogP contribution in [0, 0.1) is 11.3 Å². The van der Waals surface area contributed by atoms with Crippen LogP contribution in [0.2, 0.25) is 0 Å². The fourth-order valence-electron chi connectivity index (χ4n) is 6.84. The number of nitriles is 1. The summed E-state index contributed by atoms with van der Waals surface area (Å²) in [6.07, 6.45) is 3.55. The fourth-order valence-corrected chi connectivity index (χ4v) is 6.84. The summed E-state index contributed by atoms with van der Waals surface area (Å²) in [6, 6.07) is 12.7. The number of hydrogen-bond acceptors (Lipinski definition) is 8. The lowest BCUT2D eigenvalue weighted by atomic mass is 9.63. The van der Waals surface area contributed by atoms with Crippen LogP contribution in [0.4, 0.5) is 10.5 Å². The SMILES string of the molecule is CN(C1CCN(C2CN(C(N)=O)C2C2(c3cccnc3OCC#N)C(=O)Nc3ccccc32)CC1)C1COC1. The second-order valence-electron chi connectivity index (χ2n) is 10.7. The number of fused-ring (bicyclic) bond motifs is 1. The molecule has 4 aliphatic heterocycles. The number of carbonyl (C=O) groups excluding carboxylic acids is 2. The van der Waals surface area contributed by atoms with Crippen molar-refractivity contribution in [3.63, 3.8) is 0 Å². The van der Waals surface area contributed by atoms with Gasteiger partial charge in [-0.3, -0.25) is 14.6 Å². The Labute approximate surface area is 227 Å². The van der Waals surface area contributed by atoms with Gasteiger partial charge in [-0.1, -0.05) is 24.3 Å². The Hall–Kier alpha value is -3.72. The van der Waals surface area contributed by atoms with Gasteiger partial charge >= 0.3 is 6.03 Å². The number of rotatable bonds is 7. The molecule has 3 atom stereocenters. The summed E-state index contributed by atoms with van der Waals surface area (Å²) in [4.78, 5) is 37.8. The van der Waals surface area contributed by atoms with Crippen LogP contribution in [0.5, 0.6) is 5.88 Å². The number of likely N-dealkylation sites (N-methyl/N-ethyl adjacent to an activating group) is 1. The molecule has 3 amide bonds. The number of carbonyl (C=O) groups is 2. The van der Waals surface area contributed by atoms with E-state index in [2.05, 4.69) is 27.1 Å². The van der Waals surface area contributed by atoms with Gasteiger partial charge in [-0.2, -0.15) is 5.26 Å². The number of amides is 3. The maximum absolute atomic E-state index is 14.2. The maximum atomic E-state index is 14.2. The molecule has 204 valence electrons. The number of urea groups is 1. The third-order valence-electron chi connectivity index (χ3n) is 8.98. The summed E-state index contributed by atoms with van der Waals surface area (Å²) in [7, 11) is 2.18. The Morgan fingerprint density at radius 2 is 1.97 bits per heavy atom. The molecule has 3 saturated heterocycles. The quantitative estimate of drug-likeness (QED) is 0.543. The van der Waals surface area contributed by atoms with Crippen molar-refractivity contribution in [3.05, 3.63) is 53.7 Å². The Bertz CT molecular complexity index is 1300. The van der Waals surface area contributed by atoms with Crippen LogP contribution in [-0.2, 0) is 14.9 Å². The van der Waals surface area contributed by atoms with Crippen molar-refractivity contribution < 1.29 is 19.1 Å². The summed E-state index contributed by atoms with van der Waals surface area (Å²) < 4.78 is 11.1. The lowest BCUT2D eigenvalue weighted by molar-refractivity contribution is -0.127. The zero-order chi connectivity index (χ0) is 27.1. The number of nitrogens with zero attached hydrogens (tertiary/aromatic N) is 5. The van der Waals surface area contributed by atoms with Crippen molar-refractivity contribution in [1.29, 1.82) is 5.26 Å². The molecule has 6 rings (SSSR count). The van der Waals surface area contributed by atoms with Gasteiger partial charge in [0.15, 0.2) is 6.61 Å². The number of para-hydroxylation sites is 1. The van der Waals surface area contributed by atoms with Crippen molar-refractivity contribution in [2.45, 2.75) is 42.4 Å². The number of pyridine rings is 1. The summed E-state index contributed by atoms with van der Waals surface area (Å²) >= 11 is 0. The van der Waals surface area contributed by atoms with Crippen LogP contribution in [0.15, 0.2) is 42.6 Å². The van der Waals surface area contributed by atoms with E-state index in [4.69, 9.17) is 15.2 Å². The molecule has 0 aliphatic carbocycles. The van der Waals surface area contributed by atoms with E-state index < -0.39 is 17.5 Å². The number of aromatic nitrogens is 1. The molecule has 0 radical (unpaired) electrons. The van der Waals surface area contributed by atoms with E-state index in [0.29, 0.717) is 29.9 Å². The minimum absolute atomic E-state index is 0.100. The zero-order valence-electron chi connectivity index (χ0n) is 22.0. The van der Waals surface area contributed by atoms with E-state index in [1.807, 2.05) is 30.3 Å². The lowest BCUT2D eigenvalue weighted by Gasteiger charge is -2.58. The monoisotopic (exact) mass is 531 g/mol. The van der Waals surface area contributed by atoms with Crippen molar-refractivity contribution in [2.75, 3.05) is 51.8 Å². The first-order chi connectivity index (χ1) is 19.0. The molecule has 0 spiro atoms. The Morgan fingerprint density at radius 3 is 2.67 bits per heavy atom. The number of likely N-dealkylation sites (tertiary alicyclic amines) is 2. The number of ether oxygens (including phenoxy) is 2. The highest BCUT2D eigenvalue weighted by molar-refractivity contribution is 6.10. The molecule has 1 aromatic heterocycles. The second kappa shape index (κ2) is 10.1. The van der Waals surface area contributed by atoms with Gasteiger partial charge in [0, 0.05) is 49.2 Å². The molecule has 3 N–H and O–H groups in total. The zero-order valence-corrected chi connectivity index (χ0v) is 22.0. The average molecular weight is 532 g/mol. The van der Waals surface area contributed by atoms with E-state index in [9.17, 15) is 14.9 Å². The smallest absolute Gasteiger partial charge is 0.315 e. The van der Waals surface area contributed by atoms with E-state index >= 15 is 0 Å². The van der Waals surface area contributed by atoms with Gasteiger partial charge in [0.1, 0.15) is 11.5 Å². The van der Waals surface area contributed by atoms with E-state index in [-0.39, 0.29) is 24.4 Å². The van der Waals surface area contributed by atoms with E-state index in [1.54, 1.807) is 23.2 Å². The van der Waals surface area contributed by atoms with Gasteiger partial charge < -0.3 is 25.4 Å². The van der Waals surface area contributed by atoms with Crippen molar-refractivity contribution in [1.82, 2.24) is 19.7 Å². The standard InChI is InChI=1S/C28H33N7O4/c1-33(19-16-38-17-19)18-8-12-34(13-9-18)23-15-35(27(30)37)24(23)28(20-5-2-3-7-22(20)32-26(28)36)21-6-4-11-31-25(21)39-14-10-29/h2-7,11,18-19,23-24H,8-9,12-17H2,1H3,(H2,30,37)(H,32,36). The first-order valence-corrected chi connectivity index (χ1v) is 13.4. The highest BCUT2D eigenvalue weighted by Crippen LogP contribution is 2.53. The molecule has 0 bridgehead atoms. The lowest BCUT2D eigenvalue weighted by Crippen LogP contribution is -2.77. The number of anilines is 1. The van der Waals surface area contributed by atoms with Crippen molar-refractivity contribution in [3.8, 4) is 11.9 Å². The molecular formula is C28H33N7O4. The molecule has 4 aliphatic rings. The number of benzene rings is 1. The number of hydrogen-bond donors (Lipinski definition) is 2. The molecule has 2 aromatic rings. The summed E-state index contributed by atoms with van der Waals surface area (Å²) in [5.74, 6) is -0.0666. The van der Waals surface area contributed by atoms with Gasteiger partial charge in [-0.05, 0) is 37.6 Å². The average Bonchev–Trinajstić information content (AvgIpc) is 3.18. The minimum atomic E-state index is -1.31. The maximum Gasteiger partial charge on any atom is 0.315 e. The van der Waals surface area contributed by atoms with Gasteiger partial charge in [0.2, 0.25) is 11.8 Å². The van der Waals surface area contributed by atoms with Crippen molar-refractivity contribution in [2.24, 2.45) is 5.73 Å². The van der Waals surface area contributed by atoms with Crippen LogP contribution in [0.1, 0.15) is 24.0 Å². The predicted octanol–water partition coefficient (Wildman–Crippen LogP) is 1.15. The third-order valence-corrected chi connectivity index (χ3v) is 8.98. The van der Waals surface area contributed by atoms with Crippen molar-refractivity contribution >= 4 is 17.6 Å². The van der Waals surface area contributed by atoms with E-state index in [0.717, 1.165) is 44.7 Å². The van der Waals surface area contributed by atoms with Crippen LogP contribution < -0.4 is 15.8 Å². The van der Waals surface area contributed by atoms with Crippen LogP contribution in [0.3, 0.4) is 0 Å². The number of primary amides is 1. The summed E-state index contributed by atoms with van der Waals surface area (Å²) in [6.45, 7) is 3.48. The van der Waals surface area contributed by atoms with E-state index in [1.165, 1.54) is 0 Å². The molecule has 3 unspecified atom stereocenters. The second-order valence-corrected chi connectivity index (χ2v) is 10.7. The number of nitrogens with two attached hydrogens (primary N) is 1. The normalized spacial score (nSPS) is 27.3. The molecule has 11 nitrogen and oxygen atoms in total. The molecule has 5 heterocycles. The summed E-state index contributed by atoms with van der Waals surface area (Å²) in [5.41, 5.74) is 6.53. The Morgan fingerprint density at radius 1 is 1.23 bits per heavy atom. The number of nitrogens with one attached hydrogen (secondary N) is 1. The molecule has 0 saturated carbocycles. The summed E-state index contributed by atoms with van der Waals surface area (Å²) in [5, 5.41) is 12.2. The first-order valence-electron chi connectivity index (χ1n) is 13.4. The highest BCUT2D eigenvalue weighted by Gasteiger charge is 2.64. The molecule has 3 fully saturated rings. The van der Waals surface area contributed by atoms with Gasteiger partial charge in [0.05, 0.1) is 25.3 Å². The van der Waals surface area contributed by atoms with Crippen LogP contribution in [0.25, 0.3) is 0 Å². The third kappa shape index (κ3) is 4.02. The predicted molar refractivity (Wildman–Crippen MR) is 142 cm³/mol. The minimum Gasteiger partial charge on any atom is -0.462 e. The van der Waals surface area contributed by atoms with Gasteiger partial charge in [0.25, 0.3) is 0 Å². The molecule has 39 heavy (non-hydrogen) atoms. The van der Waals surface area contributed by atoms with Crippen LogP contribution in [-0.4, -0.2) is 102 Å². The topological polar surface area (TPSA) is 137 Å². The first kappa shape index (κ1) is 25.6. The number of piperidine rings is 1. The molecular weight excluding hydrogens is 498 g/mol. The molecule has 1 aromatic carbocycles. The highest BCUT2D eigenvalue weighted by atomic mass is 16.5. The largest absolute Gasteiger partial charge is 0.462 e. The molecule has 11 heteroatoms. The van der Waals surface area contributed by atoms with Gasteiger partial charge in [-0.25, -0.2) is 9.78 Å².